The number of hydrogen-bond donors (Lipinski definition) is 2. The highest BCUT2D eigenvalue weighted by atomic mass is 32.2. The van der Waals surface area contributed by atoms with Gasteiger partial charge in [-0.3, -0.25) is 9.59 Å². The molecular formula is C27H27FN2O6S. The molecule has 1 saturated carbocycles. The van der Waals surface area contributed by atoms with Crippen molar-refractivity contribution in [3.63, 3.8) is 0 Å². The molecule has 2 N–H and O–H groups in total. The predicted molar refractivity (Wildman–Crippen MR) is 137 cm³/mol. The summed E-state index contributed by atoms with van der Waals surface area (Å²) in [5.41, 5.74) is 2.10. The average Bonchev–Trinajstić information content (AvgIpc) is 3.70. The van der Waals surface area contributed by atoms with Crippen molar-refractivity contribution in [3.8, 4) is 22.6 Å². The summed E-state index contributed by atoms with van der Waals surface area (Å²) in [4.78, 5) is 24.4. The van der Waals surface area contributed by atoms with Crippen molar-refractivity contribution in [2.45, 2.75) is 19.4 Å². The first kappa shape index (κ1) is 26.2. The van der Waals surface area contributed by atoms with E-state index < -0.39 is 21.7 Å². The zero-order chi connectivity index (χ0) is 26.6. The van der Waals surface area contributed by atoms with Crippen molar-refractivity contribution in [3.05, 3.63) is 83.2 Å². The minimum atomic E-state index is -3.76. The number of carbonyl (C=O) groups excluding carboxylic acids is 2. The van der Waals surface area contributed by atoms with Crippen molar-refractivity contribution in [2.75, 3.05) is 19.9 Å². The van der Waals surface area contributed by atoms with Gasteiger partial charge in [0.25, 0.3) is 11.8 Å². The van der Waals surface area contributed by atoms with Crippen LogP contribution in [0.5, 0.6) is 11.5 Å². The van der Waals surface area contributed by atoms with E-state index in [4.69, 9.17) is 9.47 Å². The Hall–Kier alpha value is -3.92. The SMILES string of the molecule is CNC(=O)c1cc(-c2cccc(OCc3ccc(C(=O)NS(C)(=O)=O)cc3F)c2)ccc1OCC1CC1. The van der Waals surface area contributed by atoms with Gasteiger partial charge < -0.3 is 14.8 Å². The van der Waals surface area contributed by atoms with Crippen molar-refractivity contribution in [2.24, 2.45) is 5.92 Å². The minimum absolute atomic E-state index is 0.110. The normalized spacial score (nSPS) is 13.1. The zero-order valence-corrected chi connectivity index (χ0v) is 21.2. The second-order valence-electron chi connectivity index (χ2n) is 8.87. The third-order valence-electron chi connectivity index (χ3n) is 5.78. The van der Waals surface area contributed by atoms with Gasteiger partial charge in [0.15, 0.2) is 0 Å². The van der Waals surface area contributed by atoms with Crippen molar-refractivity contribution in [1.29, 1.82) is 0 Å². The van der Waals surface area contributed by atoms with E-state index in [-0.39, 0.29) is 23.6 Å². The van der Waals surface area contributed by atoms with Gasteiger partial charge in [-0.15, -0.1) is 0 Å². The molecule has 0 saturated heterocycles. The van der Waals surface area contributed by atoms with E-state index in [1.165, 1.54) is 12.1 Å². The monoisotopic (exact) mass is 526 g/mol. The molecule has 0 radical (unpaired) electrons. The van der Waals surface area contributed by atoms with Gasteiger partial charge in [-0.2, -0.15) is 0 Å². The minimum Gasteiger partial charge on any atom is -0.492 e. The Balaban J connectivity index is 1.48. The summed E-state index contributed by atoms with van der Waals surface area (Å²) in [7, 11) is -2.19. The van der Waals surface area contributed by atoms with Gasteiger partial charge in [0.1, 0.15) is 23.9 Å². The van der Waals surface area contributed by atoms with Crippen molar-refractivity contribution >= 4 is 21.8 Å². The fourth-order valence-corrected chi connectivity index (χ4v) is 4.05. The lowest BCUT2D eigenvalue weighted by molar-refractivity contribution is 0.0956. The molecule has 0 unspecified atom stereocenters. The molecule has 0 heterocycles. The summed E-state index contributed by atoms with van der Waals surface area (Å²) >= 11 is 0. The molecule has 3 aromatic rings. The molecule has 2 amide bonds. The number of amides is 2. The summed E-state index contributed by atoms with van der Waals surface area (Å²) < 4.78 is 50.4. The van der Waals surface area contributed by atoms with E-state index in [1.807, 2.05) is 12.1 Å². The first-order valence-electron chi connectivity index (χ1n) is 11.7. The summed E-state index contributed by atoms with van der Waals surface area (Å²) in [5, 5.41) is 2.65. The van der Waals surface area contributed by atoms with Gasteiger partial charge >= 0.3 is 0 Å². The Labute approximate surface area is 214 Å². The predicted octanol–water partition coefficient (Wildman–Crippen LogP) is 3.91. The fraction of sp³-hybridized carbons (Fsp3) is 0.259. The van der Waals surface area contributed by atoms with Crippen LogP contribution >= 0.6 is 0 Å². The number of hydrogen-bond acceptors (Lipinski definition) is 6. The lowest BCUT2D eigenvalue weighted by Crippen LogP contribution is -2.29. The van der Waals surface area contributed by atoms with Crippen molar-refractivity contribution in [1.82, 2.24) is 10.0 Å². The van der Waals surface area contributed by atoms with Crippen LogP contribution < -0.4 is 19.5 Å². The third-order valence-corrected chi connectivity index (χ3v) is 6.33. The number of nitrogens with one attached hydrogen (secondary N) is 2. The van der Waals surface area contributed by atoms with Gasteiger partial charge in [0.2, 0.25) is 10.0 Å². The Morgan fingerprint density at radius 1 is 0.973 bits per heavy atom. The Bertz CT molecular complexity index is 1440. The first-order valence-corrected chi connectivity index (χ1v) is 13.5. The van der Waals surface area contributed by atoms with E-state index in [2.05, 4.69) is 5.32 Å². The molecule has 0 spiro atoms. The number of carbonyl (C=O) groups is 2. The topological polar surface area (TPSA) is 111 Å². The largest absolute Gasteiger partial charge is 0.492 e. The van der Waals surface area contributed by atoms with Crippen LogP contribution in [0.1, 0.15) is 39.1 Å². The van der Waals surface area contributed by atoms with E-state index in [1.54, 1.807) is 42.1 Å². The lowest BCUT2D eigenvalue weighted by Gasteiger charge is -2.13. The Morgan fingerprint density at radius 2 is 1.73 bits per heavy atom. The standard InChI is InChI=1S/C27H27FN2O6S/c1-29-27(32)23-13-19(10-11-25(23)36-15-17-6-7-17)18-4-3-5-22(12-18)35-16-21-9-8-20(14-24(21)28)26(31)30-37(2,33)34/h3-5,8-14,17H,6-7,15-16H2,1-2H3,(H,29,32)(H,30,31). The highest BCUT2D eigenvalue weighted by Gasteiger charge is 2.23. The maximum atomic E-state index is 14.5. The van der Waals surface area contributed by atoms with E-state index in [0.717, 1.165) is 36.3 Å². The number of benzene rings is 3. The molecule has 4 rings (SSSR count). The quantitative estimate of drug-likeness (QED) is 0.415. The smallest absolute Gasteiger partial charge is 0.264 e. The van der Waals surface area contributed by atoms with Gasteiger partial charge in [0, 0.05) is 18.2 Å². The molecule has 0 aliphatic heterocycles. The number of sulfonamides is 1. The molecule has 0 bridgehead atoms. The molecule has 10 heteroatoms. The van der Waals surface area contributed by atoms with Crippen LogP contribution in [0.2, 0.25) is 0 Å². The summed E-state index contributed by atoms with van der Waals surface area (Å²) in [6, 6.07) is 16.2. The summed E-state index contributed by atoms with van der Waals surface area (Å²) in [6.45, 7) is 0.479. The van der Waals surface area contributed by atoms with Crippen LogP contribution in [-0.4, -0.2) is 40.1 Å². The summed E-state index contributed by atoms with van der Waals surface area (Å²) in [6.07, 6.45) is 3.13. The van der Waals surface area contributed by atoms with E-state index in [0.29, 0.717) is 29.6 Å². The van der Waals surface area contributed by atoms with Gasteiger partial charge in [-0.25, -0.2) is 17.5 Å². The van der Waals surface area contributed by atoms with Gasteiger partial charge in [0.05, 0.1) is 18.4 Å². The second-order valence-corrected chi connectivity index (χ2v) is 10.6. The highest BCUT2D eigenvalue weighted by molar-refractivity contribution is 7.89. The molecule has 3 aromatic carbocycles. The maximum absolute atomic E-state index is 14.5. The second kappa shape index (κ2) is 11.0. The highest BCUT2D eigenvalue weighted by Crippen LogP contribution is 2.33. The molecule has 0 aromatic heterocycles. The number of halogens is 1. The molecule has 0 atom stereocenters. The van der Waals surface area contributed by atoms with E-state index in [9.17, 15) is 22.4 Å². The van der Waals surface area contributed by atoms with Crippen LogP contribution in [0.25, 0.3) is 11.1 Å². The maximum Gasteiger partial charge on any atom is 0.264 e. The molecule has 1 fully saturated rings. The zero-order valence-electron chi connectivity index (χ0n) is 20.4. The van der Waals surface area contributed by atoms with Crippen LogP contribution in [-0.2, 0) is 16.6 Å². The van der Waals surface area contributed by atoms with Crippen LogP contribution in [0.3, 0.4) is 0 Å². The van der Waals surface area contributed by atoms with Gasteiger partial charge in [-0.05, 0) is 66.3 Å². The molecule has 194 valence electrons. The number of rotatable bonds is 10. The fourth-order valence-electron chi connectivity index (χ4n) is 3.60. The summed E-state index contributed by atoms with van der Waals surface area (Å²) in [5.74, 6) is -0.297. The Morgan fingerprint density at radius 3 is 2.41 bits per heavy atom. The van der Waals surface area contributed by atoms with Gasteiger partial charge in [-0.1, -0.05) is 24.3 Å². The lowest BCUT2D eigenvalue weighted by atomic mass is 10.0. The molecule has 8 nitrogen and oxygen atoms in total. The van der Waals surface area contributed by atoms with Crippen LogP contribution in [0.15, 0.2) is 60.7 Å². The van der Waals surface area contributed by atoms with Crippen LogP contribution in [0.4, 0.5) is 4.39 Å². The Kier molecular flexibility index (Phi) is 7.77. The molecule has 1 aliphatic rings. The molecule has 37 heavy (non-hydrogen) atoms. The molecular weight excluding hydrogens is 499 g/mol. The van der Waals surface area contributed by atoms with E-state index >= 15 is 0 Å². The average molecular weight is 527 g/mol. The molecule has 1 aliphatic carbocycles. The van der Waals surface area contributed by atoms with Crippen molar-refractivity contribution < 1.29 is 31.9 Å². The van der Waals surface area contributed by atoms with Crippen LogP contribution in [0, 0.1) is 11.7 Å². The third kappa shape index (κ3) is 7.07. The number of ether oxygens (including phenoxy) is 2. The first-order chi connectivity index (χ1) is 17.6.